The van der Waals surface area contributed by atoms with Crippen molar-refractivity contribution in [2.24, 2.45) is 0 Å². The molecular formula is C22H29N3O3. The van der Waals surface area contributed by atoms with Gasteiger partial charge < -0.3 is 19.9 Å². The summed E-state index contributed by atoms with van der Waals surface area (Å²) in [5.74, 6) is 0.204. The monoisotopic (exact) mass is 383 g/mol. The number of carbonyl (C=O) groups is 2. The Kier molecular flexibility index (Phi) is 7.87. The second kappa shape index (κ2) is 10.3. The number of rotatable bonds is 9. The Labute approximate surface area is 167 Å². The van der Waals surface area contributed by atoms with Gasteiger partial charge in [0.2, 0.25) is 5.91 Å². The normalized spacial score (nSPS) is 10.3. The van der Waals surface area contributed by atoms with E-state index >= 15 is 0 Å². The zero-order valence-electron chi connectivity index (χ0n) is 17.1. The third-order valence-electron chi connectivity index (χ3n) is 4.48. The molecule has 0 bridgehead atoms. The van der Waals surface area contributed by atoms with Crippen molar-refractivity contribution in [1.29, 1.82) is 0 Å². The number of nitrogens with zero attached hydrogens (tertiary/aromatic N) is 2. The van der Waals surface area contributed by atoms with Crippen LogP contribution in [-0.2, 0) is 4.79 Å². The van der Waals surface area contributed by atoms with E-state index in [-0.39, 0.29) is 18.4 Å². The van der Waals surface area contributed by atoms with Crippen LogP contribution in [0.3, 0.4) is 0 Å². The van der Waals surface area contributed by atoms with Crippen molar-refractivity contribution in [3.05, 3.63) is 54.1 Å². The van der Waals surface area contributed by atoms with Gasteiger partial charge in [0.15, 0.2) is 0 Å². The van der Waals surface area contributed by atoms with Crippen LogP contribution in [0, 0.1) is 0 Å². The minimum Gasteiger partial charge on any atom is -0.497 e. The largest absolute Gasteiger partial charge is 0.497 e. The van der Waals surface area contributed by atoms with Crippen LogP contribution in [0.25, 0.3) is 0 Å². The van der Waals surface area contributed by atoms with E-state index < -0.39 is 0 Å². The molecule has 2 rings (SSSR count). The Morgan fingerprint density at radius 1 is 1.07 bits per heavy atom. The van der Waals surface area contributed by atoms with Gasteiger partial charge in [-0.15, -0.1) is 0 Å². The standard InChI is InChI=1S/C22H29N3O3/c1-5-6-14-24(2)19-12-10-17(11-13-19)22(27)25(3)16-21(26)23-18-8-7-9-20(15-18)28-4/h7-13,15H,5-6,14,16H2,1-4H3,(H,23,26). The number of hydrogen-bond acceptors (Lipinski definition) is 4. The first-order valence-electron chi connectivity index (χ1n) is 9.45. The summed E-state index contributed by atoms with van der Waals surface area (Å²) < 4.78 is 5.14. The fraction of sp³-hybridized carbons (Fsp3) is 0.364. The molecule has 0 aliphatic rings. The molecule has 6 nitrogen and oxygen atoms in total. The summed E-state index contributed by atoms with van der Waals surface area (Å²) in [6.45, 7) is 3.11. The van der Waals surface area contributed by atoms with Crippen molar-refractivity contribution in [3.8, 4) is 5.75 Å². The summed E-state index contributed by atoms with van der Waals surface area (Å²) in [7, 11) is 5.23. The van der Waals surface area contributed by atoms with Crippen LogP contribution < -0.4 is 15.0 Å². The average Bonchev–Trinajstić information content (AvgIpc) is 2.71. The molecule has 0 aliphatic heterocycles. The van der Waals surface area contributed by atoms with Gasteiger partial charge in [-0.1, -0.05) is 19.4 Å². The van der Waals surface area contributed by atoms with Crippen LogP contribution in [0.1, 0.15) is 30.1 Å². The molecule has 28 heavy (non-hydrogen) atoms. The van der Waals surface area contributed by atoms with E-state index in [0.29, 0.717) is 17.0 Å². The van der Waals surface area contributed by atoms with Crippen molar-refractivity contribution in [2.75, 3.05) is 44.5 Å². The second-order valence-corrected chi connectivity index (χ2v) is 6.76. The molecule has 0 radical (unpaired) electrons. The lowest BCUT2D eigenvalue weighted by Gasteiger charge is -2.20. The molecule has 0 unspecified atom stereocenters. The van der Waals surface area contributed by atoms with Gasteiger partial charge in [-0.3, -0.25) is 9.59 Å². The van der Waals surface area contributed by atoms with Crippen molar-refractivity contribution >= 4 is 23.2 Å². The summed E-state index contributed by atoms with van der Waals surface area (Å²) in [6.07, 6.45) is 2.27. The van der Waals surface area contributed by atoms with Crippen LogP contribution >= 0.6 is 0 Å². The molecular weight excluding hydrogens is 354 g/mol. The highest BCUT2D eigenvalue weighted by atomic mass is 16.5. The molecule has 6 heteroatoms. The molecule has 2 amide bonds. The van der Waals surface area contributed by atoms with E-state index in [2.05, 4.69) is 17.1 Å². The lowest BCUT2D eigenvalue weighted by atomic mass is 10.1. The van der Waals surface area contributed by atoms with Gasteiger partial charge >= 0.3 is 0 Å². The molecule has 150 valence electrons. The molecule has 0 aromatic heterocycles. The van der Waals surface area contributed by atoms with Crippen molar-refractivity contribution < 1.29 is 14.3 Å². The molecule has 2 aromatic carbocycles. The highest BCUT2D eigenvalue weighted by molar-refractivity contribution is 5.99. The van der Waals surface area contributed by atoms with Gasteiger partial charge in [0.1, 0.15) is 5.75 Å². The molecule has 0 saturated carbocycles. The summed E-state index contributed by atoms with van der Waals surface area (Å²) in [4.78, 5) is 28.4. The van der Waals surface area contributed by atoms with Crippen LogP contribution in [0.5, 0.6) is 5.75 Å². The average molecular weight is 383 g/mol. The number of carbonyl (C=O) groups excluding carboxylic acids is 2. The first-order chi connectivity index (χ1) is 13.4. The number of ether oxygens (including phenoxy) is 1. The lowest BCUT2D eigenvalue weighted by Crippen LogP contribution is -2.34. The Morgan fingerprint density at radius 3 is 2.43 bits per heavy atom. The topological polar surface area (TPSA) is 61.9 Å². The van der Waals surface area contributed by atoms with Gasteiger partial charge in [-0.25, -0.2) is 0 Å². The predicted molar refractivity (Wildman–Crippen MR) is 113 cm³/mol. The summed E-state index contributed by atoms with van der Waals surface area (Å²) >= 11 is 0. The van der Waals surface area contributed by atoms with E-state index in [4.69, 9.17) is 4.74 Å². The minimum absolute atomic E-state index is 0.0335. The Bertz CT molecular complexity index is 790. The maximum absolute atomic E-state index is 12.6. The Morgan fingerprint density at radius 2 is 1.79 bits per heavy atom. The number of methoxy groups -OCH3 is 1. The quantitative estimate of drug-likeness (QED) is 0.718. The number of anilines is 2. The number of amides is 2. The van der Waals surface area contributed by atoms with Gasteiger partial charge in [-0.05, 0) is 42.8 Å². The first kappa shape index (κ1) is 21.3. The molecule has 0 saturated heterocycles. The number of nitrogens with one attached hydrogen (secondary N) is 1. The Hall–Kier alpha value is -3.02. The number of unbranched alkanes of at least 4 members (excludes halogenated alkanes) is 1. The molecule has 1 N–H and O–H groups in total. The number of benzene rings is 2. The minimum atomic E-state index is -0.264. The zero-order valence-corrected chi connectivity index (χ0v) is 17.1. The van der Waals surface area contributed by atoms with E-state index in [0.717, 1.165) is 25.1 Å². The van der Waals surface area contributed by atoms with Gasteiger partial charge in [0.25, 0.3) is 5.91 Å². The van der Waals surface area contributed by atoms with Gasteiger partial charge in [0, 0.05) is 43.6 Å². The highest BCUT2D eigenvalue weighted by Gasteiger charge is 2.15. The smallest absolute Gasteiger partial charge is 0.254 e. The van der Waals surface area contributed by atoms with Crippen LogP contribution in [-0.4, -0.2) is 51.0 Å². The molecule has 2 aromatic rings. The number of likely N-dealkylation sites (N-methyl/N-ethyl adjacent to an activating group) is 1. The van der Waals surface area contributed by atoms with Crippen LogP contribution in [0.2, 0.25) is 0 Å². The van der Waals surface area contributed by atoms with E-state index in [1.165, 1.54) is 4.90 Å². The third-order valence-corrected chi connectivity index (χ3v) is 4.48. The summed E-state index contributed by atoms with van der Waals surface area (Å²) in [6, 6.07) is 14.6. The highest BCUT2D eigenvalue weighted by Crippen LogP contribution is 2.17. The third kappa shape index (κ3) is 6.01. The summed E-state index contributed by atoms with van der Waals surface area (Å²) in [5.41, 5.74) is 2.26. The van der Waals surface area contributed by atoms with E-state index in [1.807, 2.05) is 19.2 Å². The fourth-order valence-corrected chi connectivity index (χ4v) is 2.79. The molecule has 0 fully saturated rings. The predicted octanol–water partition coefficient (Wildman–Crippen LogP) is 3.64. The zero-order chi connectivity index (χ0) is 20.5. The summed E-state index contributed by atoms with van der Waals surface area (Å²) in [5, 5.41) is 2.78. The van der Waals surface area contributed by atoms with E-state index in [1.54, 1.807) is 50.6 Å². The van der Waals surface area contributed by atoms with Gasteiger partial charge in [-0.2, -0.15) is 0 Å². The number of hydrogen-bond donors (Lipinski definition) is 1. The van der Waals surface area contributed by atoms with Crippen molar-refractivity contribution in [2.45, 2.75) is 19.8 Å². The van der Waals surface area contributed by atoms with Crippen molar-refractivity contribution in [1.82, 2.24) is 4.90 Å². The maximum atomic E-state index is 12.6. The maximum Gasteiger partial charge on any atom is 0.254 e. The van der Waals surface area contributed by atoms with Crippen molar-refractivity contribution in [3.63, 3.8) is 0 Å². The molecule has 0 spiro atoms. The first-order valence-corrected chi connectivity index (χ1v) is 9.45. The fourth-order valence-electron chi connectivity index (χ4n) is 2.79. The molecule has 0 atom stereocenters. The van der Waals surface area contributed by atoms with Crippen LogP contribution in [0.15, 0.2) is 48.5 Å². The molecule has 0 aliphatic carbocycles. The lowest BCUT2D eigenvalue weighted by molar-refractivity contribution is -0.116. The molecule has 0 heterocycles. The van der Waals surface area contributed by atoms with Crippen LogP contribution in [0.4, 0.5) is 11.4 Å². The Balaban J connectivity index is 1.93. The van der Waals surface area contributed by atoms with E-state index in [9.17, 15) is 9.59 Å². The van der Waals surface area contributed by atoms with Gasteiger partial charge in [0.05, 0.1) is 13.7 Å². The second-order valence-electron chi connectivity index (χ2n) is 6.76. The SMILES string of the molecule is CCCCN(C)c1ccc(C(=O)N(C)CC(=O)Nc2cccc(OC)c2)cc1.